The molecule has 5 nitrogen and oxygen atoms in total. The van der Waals surface area contributed by atoms with Gasteiger partial charge in [-0.1, -0.05) is 6.92 Å². The summed E-state index contributed by atoms with van der Waals surface area (Å²) in [7, 11) is 0. The number of urea groups is 1. The van der Waals surface area contributed by atoms with Crippen molar-refractivity contribution in [2.45, 2.75) is 32.7 Å². The molecule has 0 fully saturated rings. The average molecular weight is 273 g/mol. The Kier molecular flexibility index (Phi) is 5.60. The van der Waals surface area contributed by atoms with E-state index in [2.05, 4.69) is 16.6 Å². The fourth-order valence-corrected chi connectivity index (χ4v) is 1.81. The van der Waals surface area contributed by atoms with Gasteiger partial charge in [0.05, 0.1) is 0 Å². The maximum atomic E-state index is 11.8. The Hall–Kier alpha value is -2.48. The van der Waals surface area contributed by atoms with Crippen molar-refractivity contribution in [1.82, 2.24) is 5.32 Å². The first-order valence-corrected chi connectivity index (χ1v) is 6.39. The number of hydrogen-bond donors (Lipinski definition) is 3. The van der Waals surface area contributed by atoms with Crippen molar-refractivity contribution in [2.75, 3.05) is 5.32 Å². The molecule has 0 saturated carbocycles. The average Bonchev–Trinajstić information content (AvgIpc) is 2.37. The molecule has 0 radical (unpaired) electrons. The van der Waals surface area contributed by atoms with Crippen LogP contribution < -0.4 is 16.4 Å². The molecule has 0 aliphatic carbocycles. The van der Waals surface area contributed by atoms with Crippen LogP contribution in [-0.2, 0) is 0 Å². The number of benzene rings is 1. The summed E-state index contributed by atoms with van der Waals surface area (Å²) in [5.41, 5.74) is 6.98. The van der Waals surface area contributed by atoms with E-state index in [1.165, 1.54) is 0 Å². The first-order valence-electron chi connectivity index (χ1n) is 6.39. The second-order valence-electron chi connectivity index (χ2n) is 4.51. The fraction of sp³-hybridized carbons (Fsp3) is 0.333. The molecule has 1 rings (SSSR count). The molecule has 106 valence electrons. The van der Waals surface area contributed by atoms with Gasteiger partial charge in [0.15, 0.2) is 0 Å². The van der Waals surface area contributed by atoms with E-state index in [1.54, 1.807) is 25.1 Å². The van der Waals surface area contributed by atoms with Crippen LogP contribution in [0.5, 0.6) is 0 Å². The summed E-state index contributed by atoms with van der Waals surface area (Å²) in [5.74, 6) is 2.04. The molecular weight excluding hydrogens is 254 g/mol. The van der Waals surface area contributed by atoms with Crippen molar-refractivity contribution in [3.8, 4) is 12.3 Å². The molecule has 4 N–H and O–H groups in total. The Morgan fingerprint density at radius 3 is 2.65 bits per heavy atom. The lowest BCUT2D eigenvalue weighted by atomic mass is 10.1. The van der Waals surface area contributed by atoms with Crippen molar-refractivity contribution in [3.63, 3.8) is 0 Å². The number of carbonyl (C=O) groups is 2. The van der Waals surface area contributed by atoms with E-state index in [-0.39, 0.29) is 12.1 Å². The van der Waals surface area contributed by atoms with E-state index >= 15 is 0 Å². The molecule has 0 aliphatic heterocycles. The molecule has 1 aromatic carbocycles. The highest BCUT2D eigenvalue weighted by Crippen LogP contribution is 2.14. The van der Waals surface area contributed by atoms with Crippen LogP contribution in [0.15, 0.2) is 18.2 Å². The van der Waals surface area contributed by atoms with Crippen LogP contribution in [-0.4, -0.2) is 18.0 Å². The standard InChI is InChI=1S/C15H19N3O2/c1-4-6-11(5-2)17-15(20)18-12-7-8-13(14(16)19)10(3)9-12/h1,7-9,11H,5-6H2,2-3H3,(H2,16,19)(H2,17,18,20)/t11-/m1/s1. The van der Waals surface area contributed by atoms with Gasteiger partial charge in [0.25, 0.3) is 0 Å². The largest absolute Gasteiger partial charge is 0.366 e. The molecule has 1 atom stereocenters. The number of primary amides is 1. The maximum Gasteiger partial charge on any atom is 0.319 e. The smallest absolute Gasteiger partial charge is 0.319 e. The van der Waals surface area contributed by atoms with Crippen molar-refractivity contribution >= 4 is 17.6 Å². The summed E-state index contributed by atoms with van der Waals surface area (Å²) < 4.78 is 0. The monoisotopic (exact) mass is 273 g/mol. The van der Waals surface area contributed by atoms with Crippen molar-refractivity contribution < 1.29 is 9.59 Å². The van der Waals surface area contributed by atoms with E-state index in [0.717, 1.165) is 6.42 Å². The predicted molar refractivity (Wildman–Crippen MR) is 79.4 cm³/mol. The minimum Gasteiger partial charge on any atom is -0.366 e. The van der Waals surface area contributed by atoms with Crippen LogP contribution in [0.1, 0.15) is 35.7 Å². The van der Waals surface area contributed by atoms with Gasteiger partial charge in [-0.05, 0) is 37.1 Å². The third-order valence-corrected chi connectivity index (χ3v) is 2.94. The van der Waals surface area contributed by atoms with E-state index in [9.17, 15) is 9.59 Å². The molecule has 0 heterocycles. The summed E-state index contributed by atoms with van der Waals surface area (Å²) in [6.07, 6.45) is 6.48. The number of nitrogens with one attached hydrogen (secondary N) is 2. The number of anilines is 1. The van der Waals surface area contributed by atoms with Crippen LogP contribution in [0.4, 0.5) is 10.5 Å². The number of rotatable bonds is 5. The number of terminal acetylenes is 1. The van der Waals surface area contributed by atoms with E-state index < -0.39 is 5.91 Å². The molecule has 0 saturated heterocycles. The maximum absolute atomic E-state index is 11.8. The molecule has 20 heavy (non-hydrogen) atoms. The number of amides is 3. The van der Waals surface area contributed by atoms with Gasteiger partial charge < -0.3 is 16.4 Å². The number of nitrogens with two attached hydrogens (primary N) is 1. The number of aryl methyl sites for hydroxylation is 1. The Bertz CT molecular complexity index is 547. The number of hydrogen-bond acceptors (Lipinski definition) is 2. The zero-order valence-electron chi connectivity index (χ0n) is 11.7. The van der Waals surface area contributed by atoms with Gasteiger partial charge in [-0.2, -0.15) is 0 Å². The van der Waals surface area contributed by atoms with Gasteiger partial charge in [-0.25, -0.2) is 4.79 Å². The molecule has 3 amide bonds. The van der Waals surface area contributed by atoms with Crippen LogP contribution in [0, 0.1) is 19.3 Å². The van der Waals surface area contributed by atoms with Gasteiger partial charge in [-0.3, -0.25) is 4.79 Å². The van der Waals surface area contributed by atoms with E-state index in [1.807, 2.05) is 6.92 Å². The zero-order chi connectivity index (χ0) is 15.1. The Balaban J connectivity index is 2.69. The quantitative estimate of drug-likeness (QED) is 0.717. The lowest BCUT2D eigenvalue weighted by Crippen LogP contribution is -2.37. The Labute approximate surface area is 118 Å². The third kappa shape index (κ3) is 4.32. The molecule has 0 bridgehead atoms. The third-order valence-electron chi connectivity index (χ3n) is 2.94. The molecule has 0 aromatic heterocycles. The van der Waals surface area contributed by atoms with Gasteiger partial charge in [0, 0.05) is 23.7 Å². The minimum absolute atomic E-state index is 0.0500. The molecule has 0 spiro atoms. The van der Waals surface area contributed by atoms with Crippen molar-refractivity contribution in [3.05, 3.63) is 29.3 Å². The predicted octanol–water partition coefficient (Wildman–Crippen LogP) is 2.02. The second kappa shape index (κ2) is 7.19. The zero-order valence-corrected chi connectivity index (χ0v) is 11.7. The van der Waals surface area contributed by atoms with Gasteiger partial charge in [-0.15, -0.1) is 12.3 Å². The first-order chi connectivity index (χ1) is 9.47. The van der Waals surface area contributed by atoms with Crippen molar-refractivity contribution in [1.29, 1.82) is 0 Å². The lowest BCUT2D eigenvalue weighted by Gasteiger charge is -2.15. The SMILES string of the molecule is C#CC[C@@H](CC)NC(=O)Nc1ccc(C(N)=O)c(C)c1. The van der Waals surface area contributed by atoms with Gasteiger partial charge in [0.2, 0.25) is 5.91 Å². The molecule has 1 aromatic rings. The van der Waals surface area contributed by atoms with Crippen LogP contribution in [0.3, 0.4) is 0 Å². The highest BCUT2D eigenvalue weighted by atomic mass is 16.2. The Morgan fingerprint density at radius 2 is 2.15 bits per heavy atom. The van der Waals surface area contributed by atoms with Crippen LogP contribution in [0.2, 0.25) is 0 Å². The Morgan fingerprint density at radius 1 is 1.45 bits per heavy atom. The summed E-state index contributed by atoms with van der Waals surface area (Å²) in [5, 5.41) is 5.49. The fourth-order valence-electron chi connectivity index (χ4n) is 1.81. The molecule has 5 heteroatoms. The summed E-state index contributed by atoms with van der Waals surface area (Å²) in [6.45, 7) is 3.71. The van der Waals surface area contributed by atoms with Gasteiger partial charge >= 0.3 is 6.03 Å². The van der Waals surface area contributed by atoms with E-state index in [4.69, 9.17) is 12.2 Å². The highest BCUT2D eigenvalue weighted by Gasteiger charge is 2.10. The second-order valence-corrected chi connectivity index (χ2v) is 4.51. The topological polar surface area (TPSA) is 84.2 Å². The molecule has 0 unspecified atom stereocenters. The molecule has 0 aliphatic rings. The van der Waals surface area contributed by atoms with Gasteiger partial charge in [0.1, 0.15) is 0 Å². The van der Waals surface area contributed by atoms with E-state index in [0.29, 0.717) is 23.2 Å². The van der Waals surface area contributed by atoms with Crippen LogP contribution in [0.25, 0.3) is 0 Å². The van der Waals surface area contributed by atoms with Crippen LogP contribution >= 0.6 is 0 Å². The minimum atomic E-state index is -0.487. The lowest BCUT2D eigenvalue weighted by molar-refractivity contribution is 0.0999. The first kappa shape index (κ1) is 15.6. The number of carbonyl (C=O) groups excluding carboxylic acids is 2. The summed E-state index contributed by atoms with van der Waals surface area (Å²) in [6, 6.07) is 4.55. The summed E-state index contributed by atoms with van der Waals surface area (Å²) in [4.78, 5) is 22.9. The van der Waals surface area contributed by atoms with Crippen molar-refractivity contribution in [2.24, 2.45) is 5.73 Å². The highest BCUT2D eigenvalue weighted by molar-refractivity contribution is 5.96. The molecular formula is C15H19N3O2. The normalized spacial score (nSPS) is 11.2. The summed E-state index contributed by atoms with van der Waals surface area (Å²) >= 11 is 0.